The largest absolute Gasteiger partial charge is 0.456 e. The molecule has 0 spiro atoms. The summed E-state index contributed by atoms with van der Waals surface area (Å²) in [5, 5.41) is 1.18. The monoisotopic (exact) mass is 274 g/mol. The molecular weight excluding hydrogens is 256 g/mol. The van der Waals surface area contributed by atoms with Gasteiger partial charge in [-0.15, -0.1) is 0 Å². The summed E-state index contributed by atoms with van der Waals surface area (Å²) in [5.74, 6) is 0.948. The molecule has 0 unspecified atom stereocenters. The maximum absolute atomic E-state index is 6.01. The van der Waals surface area contributed by atoms with E-state index in [1.54, 1.807) is 6.08 Å². The Balaban J connectivity index is 2.07. The Morgan fingerprint density at radius 1 is 1.19 bits per heavy atom. The quantitative estimate of drug-likeness (QED) is 0.641. The van der Waals surface area contributed by atoms with Crippen LogP contribution in [0.15, 0.2) is 71.2 Å². The van der Waals surface area contributed by atoms with E-state index in [1.165, 1.54) is 22.1 Å². The number of benzene rings is 1. The lowest BCUT2D eigenvalue weighted by molar-refractivity contribution is 0.601. The number of para-hydroxylation sites is 1. The highest BCUT2D eigenvalue weighted by Crippen LogP contribution is 2.33. The van der Waals surface area contributed by atoms with Crippen LogP contribution in [0, 0.1) is 6.92 Å². The van der Waals surface area contributed by atoms with Crippen molar-refractivity contribution in [3.8, 4) is 0 Å². The average molecular weight is 274 g/mol. The lowest BCUT2D eigenvalue weighted by atomic mass is 10.1. The topological polar surface area (TPSA) is 13.1 Å². The average Bonchev–Trinajstić information content (AvgIpc) is 2.71. The van der Waals surface area contributed by atoms with E-state index in [4.69, 9.17) is 4.42 Å². The molecular formula is C20H18O. The summed E-state index contributed by atoms with van der Waals surface area (Å²) in [4.78, 5) is 0. The van der Waals surface area contributed by atoms with E-state index in [0.717, 1.165) is 17.8 Å². The number of hydrogen-bond acceptors (Lipinski definition) is 1. The SMILES string of the molecule is C=C/C=C\C=C\C1=Cc2c(oc3c(C)cccc23)C=CC1. The zero-order valence-corrected chi connectivity index (χ0v) is 12.2. The van der Waals surface area contributed by atoms with Crippen LogP contribution in [0.1, 0.15) is 23.3 Å². The number of aryl methyl sites for hydroxylation is 1. The molecule has 0 saturated carbocycles. The summed E-state index contributed by atoms with van der Waals surface area (Å²) in [5.41, 5.74) is 4.60. The van der Waals surface area contributed by atoms with Crippen molar-refractivity contribution >= 4 is 23.1 Å². The van der Waals surface area contributed by atoms with Gasteiger partial charge in [-0.25, -0.2) is 0 Å². The fourth-order valence-corrected chi connectivity index (χ4v) is 2.55. The molecule has 0 aliphatic heterocycles. The van der Waals surface area contributed by atoms with Crippen LogP contribution in [0.4, 0.5) is 0 Å². The first-order valence-corrected chi connectivity index (χ1v) is 7.14. The summed E-state index contributed by atoms with van der Waals surface area (Å²) in [6.07, 6.45) is 17.2. The molecule has 0 amide bonds. The second kappa shape index (κ2) is 5.84. The molecule has 1 heterocycles. The molecule has 104 valence electrons. The number of fused-ring (bicyclic) bond motifs is 3. The van der Waals surface area contributed by atoms with Gasteiger partial charge in [0, 0.05) is 10.9 Å². The molecule has 0 radical (unpaired) electrons. The summed E-state index contributed by atoms with van der Waals surface area (Å²) < 4.78 is 6.01. The summed E-state index contributed by atoms with van der Waals surface area (Å²) in [7, 11) is 0. The molecule has 1 aliphatic carbocycles. The number of furan rings is 1. The van der Waals surface area contributed by atoms with Crippen LogP contribution in [0.25, 0.3) is 23.1 Å². The van der Waals surface area contributed by atoms with Gasteiger partial charge in [0.1, 0.15) is 11.3 Å². The number of allylic oxidation sites excluding steroid dienone is 7. The van der Waals surface area contributed by atoms with Gasteiger partial charge >= 0.3 is 0 Å². The van der Waals surface area contributed by atoms with Gasteiger partial charge in [-0.05, 0) is 36.6 Å². The summed E-state index contributed by atoms with van der Waals surface area (Å²) in [6, 6.07) is 6.29. The van der Waals surface area contributed by atoms with Crippen molar-refractivity contribution in [2.45, 2.75) is 13.3 Å². The van der Waals surface area contributed by atoms with Crippen molar-refractivity contribution in [1.29, 1.82) is 0 Å². The zero-order chi connectivity index (χ0) is 14.7. The Morgan fingerprint density at radius 2 is 2.10 bits per heavy atom. The summed E-state index contributed by atoms with van der Waals surface area (Å²) >= 11 is 0. The minimum Gasteiger partial charge on any atom is -0.456 e. The van der Waals surface area contributed by atoms with Crippen LogP contribution >= 0.6 is 0 Å². The van der Waals surface area contributed by atoms with Gasteiger partial charge in [0.25, 0.3) is 0 Å². The third kappa shape index (κ3) is 2.68. The van der Waals surface area contributed by atoms with Crippen molar-refractivity contribution in [2.24, 2.45) is 0 Å². The molecule has 21 heavy (non-hydrogen) atoms. The van der Waals surface area contributed by atoms with E-state index in [2.05, 4.69) is 56.0 Å². The molecule has 1 heteroatoms. The summed E-state index contributed by atoms with van der Waals surface area (Å²) in [6.45, 7) is 5.75. The predicted octanol–water partition coefficient (Wildman–Crippen LogP) is 5.84. The van der Waals surface area contributed by atoms with Crippen LogP contribution < -0.4 is 0 Å². The van der Waals surface area contributed by atoms with Gasteiger partial charge in [-0.2, -0.15) is 0 Å². The molecule has 0 fully saturated rings. The van der Waals surface area contributed by atoms with E-state index in [9.17, 15) is 0 Å². The highest BCUT2D eigenvalue weighted by atomic mass is 16.3. The first-order chi connectivity index (χ1) is 10.3. The van der Waals surface area contributed by atoms with E-state index in [0.29, 0.717) is 0 Å². The molecule has 2 aromatic rings. The predicted molar refractivity (Wildman–Crippen MR) is 91.1 cm³/mol. The van der Waals surface area contributed by atoms with Crippen LogP contribution in [0.2, 0.25) is 0 Å². The van der Waals surface area contributed by atoms with Crippen molar-refractivity contribution in [1.82, 2.24) is 0 Å². The van der Waals surface area contributed by atoms with Gasteiger partial charge in [-0.1, -0.05) is 61.2 Å². The van der Waals surface area contributed by atoms with Crippen LogP contribution in [0.3, 0.4) is 0 Å². The fourth-order valence-electron chi connectivity index (χ4n) is 2.55. The highest BCUT2D eigenvalue weighted by molar-refractivity contribution is 5.93. The molecule has 0 atom stereocenters. The van der Waals surface area contributed by atoms with E-state index in [1.807, 2.05) is 18.2 Å². The van der Waals surface area contributed by atoms with E-state index >= 15 is 0 Å². The lowest BCUT2D eigenvalue weighted by Crippen LogP contribution is -1.77. The van der Waals surface area contributed by atoms with Crippen molar-refractivity contribution in [3.05, 3.63) is 83.7 Å². The van der Waals surface area contributed by atoms with Crippen LogP contribution in [0.5, 0.6) is 0 Å². The molecule has 0 bridgehead atoms. The third-order valence-corrected chi connectivity index (χ3v) is 3.60. The standard InChI is InChI=1S/C20H18O/c1-3-4-5-6-10-16-11-8-13-19-18(14-16)17-12-7-9-15(2)20(17)21-19/h3-10,12-14H,1,11H2,2H3/b5-4-,10-6+. The van der Waals surface area contributed by atoms with Crippen LogP contribution in [-0.4, -0.2) is 0 Å². The zero-order valence-electron chi connectivity index (χ0n) is 12.2. The molecule has 1 nitrogen and oxygen atoms in total. The van der Waals surface area contributed by atoms with E-state index in [-0.39, 0.29) is 0 Å². The minimum absolute atomic E-state index is 0.913. The van der Waals surface area contributed by atoms with Crippen molar-refractivity contribution in [2.75, 3.05) is 0 Å². The molecule has 1 aromatic carbocycles. The maximum Gasteiger partial charge on any atom is 0.138 e. The van der Waals surface area contributed by atoms with Gasteiger partial charge in [0.05, 0.1) is 0 Å². The van der Waals surface area contributed by atoms with Gasteiger partial charge in [-0.3, -0.25) is 0 Å². The number of rotatable bonds is 3. The second-order valence-electron chi connectivity index (χ2n) is 5.14. The Morgan fingerprint density at radius 3 is 2.95 bits per heavy atom. The normalized spacial score (nSPS) is 14.6. The van der Waals surface area contributed by atoms with Gasteiger partial charge < -0.3 is 4.42 Å². The first-order valence-electron chi connectivity index (χ1n) is 7.14. The minimum atomic E-state index is 0.913. The van der Waals surface area contributed by atoms with Crippen molar-refractivity contribution < 1.29 is 4.42 Å². The molecule has 1 aliphatic rings. The molecule has 1 aromatic heterocycles. The first kappa shape index (κ1) is 13.4. The van der Waals surface area contributed by atoms with Crippen molar-refractivity contribution in [3.63, 3.8) is 0 Å². The lowest BCUT2D eigenvalue weighted by Gasteiger charge is -1.97. The fraction of sp³-hybridized carbons (Fsp3) is 0.100. The molecule has 0 saturated heterocycles. The second-order valence-corrected chi connectivity index (χ2v) is 5.14. The van der Waals surface area contributed by atoms with E-state index < -0.39 is 0 Å². The number of hydrogen-bond donors (Lipinski definition) is 0. The van der Waals surface area contributed by atoms with Gasteiger partial charge in [0.2, 0.25) is 0 Å². The Bertz CT molecular complexity index is 795. The Kier molecular flexibility index (Phi) is 3.74. The Labute approximate surface area is 125 Å². The maximum atomic E-state index is 6.01. The Hall–Kier alpha value is -2.54. The third-order valence-electron chi connectivity index (χ3n) is 3.60. The molecule has 0 N–H and O–H groups in total. The highest BCUT2D eigenvalue weighted by Gasteiger charge is 2.13. The smallest absolute Gasteiger partial charge is 0.138 e. The molecule has 3 rings (SSSR count). The van der Waals surface area contributed by atoms with Crippen LogP contribution in [-0.2, 0) is 0 Å². The van der Waals surface area contributed by atoms with Gasteiger partial charge in [0.15, 0.2) is 0 Å².